The first-order chi connectivity index (χ1) is 15.2. The van der Waals surface area contributed by atoms with Crippen molar-refractivity contribution in [2.45, 2.75) is 29.1 Å². The molecule has 1 aromatic heterocycles. The van der Waals surface area contributed by atoms with Gasteiger partial charge in [-0.2, -0.15) is 9.42 Å². The highest BCUT2D eigenvalue weighted by molar-refractivity contribution is 7.89. The number of benzene rings is 2. The van der Waals surface area contributed by atoms with Crippen molar-refractivity contribution in [2.75, 3.05) is 13.1 Å². The molecule has 2 aromatic carbocycles. The van der Waals surface area contributed by atoms with Crippen LogP contribution < -0.4 is 5.14 Å². The van der Waals surface area contributed by atoms with Gasteiger partial charge in [0, 0.05) is 24.7 Å². The van der Waals surface area contributed by atoms with Gasteiger partial charge in [-0.3, -0.25) is 4.98 Å². The van der Waals surface area contributed by atoms with Crippen LogP contribution >= 0.6 is 0 Å². The molecule has 3 N–H and O–H groups in total. The fourth-order valence-electron chi connectivity index (χ4n) is 3.53. The Balaban J connectivity index is 1.79. The fourth-order valence-corrected chi connectivity index (χ4v) is 5.77. The van der Waals surface area contributed by atoms with E-state index in [2.05, 4.69) is 15.2 Å². The lowest BCUT2D eigenvalue weighted by atomic mass is 10.2. The number of phenolic OH excluding ortho intramolecular Hbond substituents is 1. The SMILES string of the molecule is NS(=O)(=O)c1ccc(N=Nc2cc(S(=O)(=O)N3CCCCC3)c3cccnc3c2O)cc1. The summed E-state index contributed by atoms with van der Waals surface area (Å²) in [5, 5.41) is 24.0. The molecule has 0 bridgehead atoms. The van der Waals surface area contributed by atoms with Crippen LogP contribution in [0.15, 0.2) is 68.7 Å². The molecule has 0 spiro atoms. The number of aromatic nitrogens is 1. The number of hydrogen-bond acceptors (Lipinski definition) is 8. The molecule has 1 fully saturated rings. The number of rotatable bonds is 5. The zero-order valence-corrected chi connectivity index (χ0v) is 18.6. The second kappa shape index (κ2) is 8.54. The van der Waals surface area contributed by atoms with E-state index in [1.807, 2.05) is 0 Å². The van der Waals surface area contributed by atoms with Crippen molar-refractivity contribution in [1.82, 2.24) is 9.29 Å². The lowest BCUT2D eigenvalue weighted by Crippen LogP contribution is -2.35. The summed E-state index contributed by atoms with van der Waals surface area (Å²) in [6, 6.07) is 9.81. The Morgan fingerprint density at radius 2 is 1.66 bits per heavy atom. The summed E-state index contributed by atoms with van der Waals surface area (Å²) in [7, 11) is -7.68. The molecule has 0 radical (unpaired) electrons. The van der Waals surface area contributed by atoms with Crippen molar-refractivity contribution in [1.29, 1.82) is 0 Å². The Hall–Kier alpha value is -2.93. The maximum absolute atomic E-state index is 13.3. The molecule has 0 aliphatic carbocycles. The number of nitrogens with zero attached hydrogens (tertiary/aromatic N) is 4. The number of nitrogens with two attached hydrogens (primary N) is 1. The standard InChI is InChI=1S/C20H21N5O5S2/c21-31(27,28)15-8-6-14(7-9-15)23-24-17-13-18(16-5-4-10-22-19(16)20(17)26)32(29,30)25-11-2-1-3-12-25/h4-10,13,26H,1-3,11-12H2,(H2,21,27,28). The minimum Gasteiger partial charge on any atom is -0.504 e. The molecular weight excluding hydrogens is 454 g/mol. The summed E-state index contributed by atoms with van der Waals surface area (Å²) in [5.41, 5.74) is 0.324. The Morgan fingerprint density at radius 1 is 0.969 bits per heavy atom. The highest BCUT2D eigenvalue weighted by Gasteiger charge is 2.29. The molecule has 168 valence electrons. The third-order valence-electron chi connectivity index (χ3n) is 5.18. The summed E-state index contributed by atoms with van der Waals surface area (Å²) < 4.78 is 50.9. The maximum atomic E-state index is 13.3. The van der Waals surface area contributed by atoms with Crippen LogP contribution in [0, 0.1) is 0 Å². The van der Waals surface area contributed by atoms with Gasteiger partial charge in [-0.15, -0.1) is 5.11 Å². The molecule has 1 saturated heterocycles. The zero-order valence-electron chi connectivity index (χ0n) is 16.9. The van der Waals surface area contributed by atoms with Gasteiger partial charge < -0.3 is 5.11 Å². The fraction of sp³-hybridized carbons (Fsp3) is 0.250. The second-order valence-corrected chi connectivity index (χ2v) is 10.8. The summed E-state index contributed by atoms with van der Waals surface area (Å²) in [5.74, 6) is -0.303. The number of azo groups is 1. The van der Waals surface area contributed by atoms with E-state index in [0.717, 1.165) is 19.3 Å². The summed E-state index contributed by atoms with van der Waals surface area (Å²) >= 11 is 0. The smallest absolute Gasteiger partial charge is 0.243 e. The molecule has 12 heteroatoms. The van der Waals surface area contributed by atoms with Gasteiger partial charge >= 0.3 is 0 Å². The summed E-state index contributed by atoms with van der Waals surface area (Å²) in [6.45, 7) is 0.858. The van der Waals surface area contributed by atoms with Crippen molar-refractivity contribution >= 4 is 42.3 Å². The molecule has 32 heavy (non-hydrogen) atoms. The van der Waals surface area contributed by atoms with Crippen LogP contribution in [0.3, 0.4) is 0 Å². The summed E-state index contributed by atoms with van der Waals surface area (Å²) in [4.78, 5) is 4.06. The number of pyridine rings is 1. The van der Waals surface area contributed by atoms with Crippen LogP contribution in [-0.2, 0) is 20.0 Å². The van der Waals surface area contributed by atoms with Crippen molar-refractivity contribution in [3.05, 3.63) is 48.7 Å². The topological polar surface area (TPSA) is 155 Å². The maximum Gasteiger partial charge on any atom is 0.243 e. The second-order valence-electron chi connectivity index (χ2n) is 7.35. The highest BCUT2D eigenvalue weighted by Crippen LogP contribution is 2.39. The van der Waals surface area contributed by atoms with Gasteiger partial charge in [0.15, 0.2) is 5.75 Å². The predicted molar refractivity (Wildman–Crippen MR) is 118 cm³/mol. The Bertz CT molecular complexity index is 1400. The zero-order chi connectivity index (χ0) is 22.9. The van der Waals surface area contributed by atoms with Crippen LogP contribution in [0.25, 0.3) is 10.9 Å². The normalized spacial score (nSPS) is 16.0. The highest BCUT2D eigenvalue weighted by atomic mass is 32.2. The van der Waals surface area contributed by atoms with E-state index >= 15 is 0 Å². The van der Waals surface area contributed by atoms with E-state index < -0.39 is 20.0 Å². The van der Waals surface area contributed by atoms with Gasteiger partial charge in [0.05, 0.1) is 15.5 Å². The Morgan fingerprint density at radius 3 is 2.31 bits per heavy atom. The van der Waals surface area contributed by atoms with E-state index in [1.54, 1.807) is 12.1 Å². The van der Waals surface area contributed by atoms with E-state index in [9.17, 15) is 21.9 Å². The number of fused-ring (bicyclic) bond motifs is 1. The average Bonchev–Trinajstić information content (AvgIpc) is 2.79. The van der Waals surface area contributed by atoms with E-state index in [-0.39, 0.29) is 26.7 Å². The summed E-state index contributed by atoms with van der Waals surface area (Å²) in [6.07, 6.45) is 4.00. The van der Waals surface area contributed by atoms with Crippen LogP contribution in [0.1, 0.15) is 19.3 Å². The third-order valence-corrected chi connectivity index (χ3v) is 8.05. The molecule has 2 heterocycles. The number of hydrogen-bond donors (Lipinski definition) is 2. The lowest BCUT2D eigenvalue weighted by molar-refractivity contribution is 0.347. The van der Waals surface area contributed by atoms with E-state index in [1.165, 1.54) is 40.8 Å². The quantitative estimate of drug-likeness (QED) is 0.540. The number of sulfonamides is 2. The van der Waals surface area contributed by atoms with E-state index in [4.69, 9.17) is 5.14 Å². The number of piperidine rings is 1. The van der Waals surface area contributed by atoms with Crippen molar-refractivity contribution in [3.63, 3.8) is 0 Å². The molecular formula is C20H21N5O5S2. The first kappa shape index (κ1) is 22.3. The molecule has 0 amide bonds. The average molecular weight is 476 g/mol. The molecule has 4 rings (SSSR count). The van der Waals surface area contributed by atoms with Crippen LogP contribution in [0.2, 0.25) is 0 Å². The van der Waals surface area contributed by atoms with Gasteiger partial charge in [-0.05, 0) is 55.3 Å². The van der Waals surface area contributed by atoms with Gasteiger partial charge in [0.25, 0.3) is 0 Å². The monoisotopic (exact) mass is 475 g/mol. The van der Waals surface area contributed by atoms with Crippen molar-refractivity contribution in [2.24, 2.45) is 15.4 Å². The van der Waals surface area contributed by atoms with Gasteiger partial charge in [0.2, 0.25) is 20.0 Å². The van der Waals surface area contributed by atoms with Gasteiger partial charge in [-0.25, -0.2) is 22.0 Å². The van der Waals surface area contributed by atoms with Crippen LogP contribution in [0.4, 0.5) is 11.4 Å². The Kier molecular flexibility index (Phi) is 5.95. The first-order valence-electron chi connectivity index (χ1n) is 9.83. The van der Waals surface area contributed by atoms with Crippen molar-refractivity contribution < 1.29 is 21.9 Å². The minimum atomic E-state index is -3.84. The molecule has 10 nitrogen and oxygen atoms in total. The van der Waals surface area contributed by atoms with E-state index in [0.29, 0.717) is 24.2 Å². The predicted octanol–water partition coefficient (Wildman–Crippen LogP) is 3.18. The largest absolute Gasteiger partial charge is 0.504 e. The van der Waals surface area contributed by atoms with Gasteiger partial charge in [-0.1, -0.05) is 6.42 Å². The molecule has 0 atom stereocenters. The Labute approximate surface area is 185 Å². The molecule has 3 aromatic rings. The van der Waals surface area contributed by atoms with Crippen LogP contribution in [-0.4, -0.2) is 44.3 Å². The number of phenols is 1. The molecule has 1 aliphatic rings. The molecule has 0 saturated carbocycles. The first-order valence-corrected chi connectivity index (χ1v) is 12.8. The van der Waals surface area contributed by atoms with Crippen molar-refractivity contribution in [3.8, 4) is 5.75 Å². The molecule has 1 aliphatic heterocycles. The third kappa shape index (κ3) is 4.35. The lowest BCUT2D eigenvalue weighted by Gasteiger charge is -2.26. The number of aromatic hydroxyl groups is 1. The van der Waals surface area contributed by atoms with Crippen LogP contribution in [0.5, 0.6) is 5.75 Å². The number of primary sulfonamides is 1. The minimum absolute atomic E-state index is 0.00109. The molecule has 0 unspecified atom stereocenters. The van der Waals surface area contributed by atoms with Gasteiger partial charge in [0.1, 0.15) is 11.2 Å².